The lowest BCUT2D eigenvalue weighted by Crippen LogP contribution is -1.89. The molecular weight excluding hydrogens is 298 g/mol. The molecule has 8 heteroatoms. The van der Waals surface area contributed by atoms with E-state index in [2.05, 4.69) is 20.2 Å². The van der Waals surface area contributed by atoms with E-state index >= 15 is 0 Å². The maximum Gasteiger partial charge on any atom is 0.277 e. The van der Waals surface area contributed by atoms with Crippen molar-refractivity contribution >= 4 is 11.8 Å². The van der Waals surface area contributed by atoms with Crippen LogP contribution >= 0.6 is 11.8 Å². The maximum atomic E-state index is 13.5. The third kappa shape index (κ3) is 3.22. The van der Waals surface area contributed by atoms with Gasteiger partial charge >= 0.3 is 0 Å². The molecule has 5 nitrogen and oxygen atoms in total. The smallest absolute Gasteiger partial charge is 0.277 e. The molecule has 0 radical (unpaired) electrons. The van der Waals surface area contributed by atoms with Crippen molar-refractivity contribution in [2.75, 3.05) is 0 Å². The van der Waals surface area contributed by atoms with Crippen LogP contribution in [-0.4, -0.2) is 20.2 Å². The van der Waals surface area contributed by atoms with Crippen LogP contribution in [0.3, 0.4) is 0 Å². The molecule has 0 spiro atoms. The predicted octanol–water partition coefficient (Wildman–Crippen LogP) is 3.10. The highest BCUT2D eigenvalue weighted by molar-refractivity contribution is 7.98. The lowest BCUT2D eigenvalue weighted by molar-refractivity contribution is 0.464. The van der Waals surface area contributed by atoms with Crippen LogP contribution in [0, 0.1) is 11.6 Å². The predicted molar refractivity (Wildman–Crippen MR) is 71.2 cm³/mol. The van der Waals surface area contributed by atoms with Gasteiger partial charge in [-0.1, -0.05) is 17.8 Å². The number of nitrogens with zero attached hydrogens (tertiary/aromatic N) is 4. The van der Waals surface area contributed by atoms with Crippen LogP contribution in [0.5, 0.6) is 0 Å². The average Bonchev–Trinajstić information content (AvgIpc) is 2.96. The van der Waals surface area contributed by atoms with Crippen molar-refractivity contribution in [2.24, 2.45) is 0 Å². The van der Waals surface area contributed by atoms with Gasteiger partial charge in [0.2, 0.25) is 0 Å². The molecule has 2 aromatic heterocycles. The fraction of sp³-hybridized carbons (Fsp3) is 0.0769. The molecule has 0 unspecified atom stereocenters. The largest absolute Gasteiger partial charge is 0.410 e. The van der Waals surface area contributed by atoms with E-state index in [1.165, 1.54) is 30.7 Å². The number of hydrogen-bond donors (Lipinski definition) is 0. The first kappa shape index (κ1) is 13.6. The Balaban J connectivity index is 1.70. The van der Waals surface area contributed by atoms with E-state index in [9.17, 15) is 8.78 Å². The van der Waals surface area contributed by atoms with Gasteiger partial charge in [0.25, 0.3) is 11.1 Å². The first-order chi connectivity index (χ1) is 10.2. The number of hydrogen-bond acceptors (Lipinski definition) is 6. The van der Waals surface area contributed by atoms with Crippen LogP contribution in [0.1, 0.15) is 5.56 Å². The summed E-state index contributed by atoms with van der Waals surface area (Å²) in [5.74, 6) is -0.709. The maximum absolute atomic E-state index is 13.5. The van der Waals surface area contributed by atoms with Gasteiger partial charge in [-0.3, -0.25) is 4.98 Å². The van der Waals surface area contributed by atoms with Crippen molar-refractivity contribution in [3.8, 4) is 11.6 Å². The van der Waals surface area contributed by atoms with E-state index < -0.39 is 11.6 Å². The van der Waals surface area contributed by atoms with Gasteiger partial charge in [0, 0.05) is 24.2 Å². The molecule has 2 heterocycles. The van der Waals surface area contributed by atoms with Gasteiger partial charge in [0.05, 0.1) is 6.20 Å². The molecule has 106 valence electrons. The molecule has 3 rings (SSSR count). The van der Waals surface area contributed by atoms with Crippen LogP contribution in [0.25, 0.3) is 11.6 Å². The van der Waals surface area contributed by atoms with E-state index in [1.807, 2.05) is 0 Å². The lowest BCUT2D eigenvalue weighted by Gasteiger charge is -2.00. The normalized spacial score (nSPS) is 10.8. The number of aromatic nitrogens is 4. The monoisotopic (exact) mass is 306 g/mol. The summed E-state index contributed by atoms with van der Waals surface area (Å²) >= 11 is 1.16. The minimum Gasteiger partial charge on any atom is -0.410 e. The minimum absolute atomic E-state index is 0.241. The van der Waals surface area contributed by atoms with Gasteiger partial charge in [-0.05, 0) is 11.6 Å². The summed E-state index contributed by atoms with van der Waals surface area (Å²) in [5.41, 5.74) is 0.825. The van der Waals surface area contributed by atoms with E-state index in [-0.39, 0.29) is 16.9 Å². The molecule has 0 bridgehead atoms. The molecule has 0 fully saturated rings. The molecule has 3 aromatic rings. The number of rotatable bonds is 4. The zero-order valence-corrected chi connectivity index (χ0v) is 11.3. The Morgan fingerprint density at radius 2 is 2.05 bits per heavy atom. The van der Waals surface area contributed by atoms with Gasteiger partial charge < -0.3 is 4.42 Å². The SMILES string of the molecule is Fc1ccc(CSc2nnc(-c3cnccn3)o2)c(F)c1. The second-order valence-electron chi connectivity index (χ2n) is 3.99. The minimum atomic E-state index is -0.607. The Hall–Kier alpha value is -2.35. The third-order valence-electron chi connectivity index (χ3n) is 2.56. The highest BCUT2D eigenvalue weighted by Gasteiger charge is 2.11. The van der Waals surface area contributed by atoms with E-state index in [0.29, 0.717) is 11.3 Å². The highest BCUT2D eigenvalue weighted by atomic mass is 32.2. The number of halogens is 2. The van der Waals surface area contributed by atoms with Crippen molar-refractivity contribution in [1.82, 2.24) is 20.2 Å². The second kappa shape index (κ2) is 5.96. The van der Waals surface area contributed by atoms with Crippen LogP contribution in [0.15, 0.2) is 46.4 Å². The highest BCUT2D eigenvalue weighted by Crippen LogP contribution is 2.25. The molecule has 0 aliphatic carbocycles. The Labute approximate surface area is 122 Å². The number of thioether (sulfide) groups is 1. The van der Waals surface area contributed by atoms with Crippen molar-refractivity contribution in [1.29, 1.82) is 0 Å². The molecule has 21 heavy (non-hydrogen) atoms. The fourth-order valence-electron chi connectivity index (χ4n) is 1.56. The zero-order chi connectivity index (χ0) is 14.7. The van der Waals surface area contributed by atoms with Crippen molar-refractivity contribution in [3.05, 3.63) is 54.0 Å². The van der Waals surface area contributed by atoms with Gasteiger partial charge in [-0.25, -0.2) is 13.8 Å². The molecule has 0 aliphatic heterocycles. The summed E-state index contributed by atoms with van der Waals surface area (Å²) in [7, 11) is 0. The van der Waals surface area contributed by atoms with Crippen molar-refractivity contribution in [3.63, 3.8) is 0 Å². The van der Waals surface area contributed by atoms with Gasteiger partial charge in [0.15, 0.2) is 0 Å². The van der Waals surface area contributed by atoms with E-state index in [4.69, 9.17) is 4.42 Å². The first-order valence-electron chi connectivity index (χ1n) is 5.89. The molecule has 0 saturated carbocycles. The van der Waals surface area contributed by atoms with Crippen LogP contribution in [0.4, 0.5) is 8.78 Å². The molecular formula is C13H8F2N4OS. The molecule has 0 aliphatic rings. The second-order valence-corrected chi connectivity index (χ2v) is 4.91. The molecule has 0 saturated heterocycles. The molecule has 0 atom stereocenters. The summed E-state index contributed by atoms with van der Waals surface area (Å²) in [5, 5.41) is 7.96. The molecule has 0 N–H and O–H groups in total. The lowest BCUT2D eigenvalue weighted by atomic mass is 10.2. The zero-order valence-electron chi connectivity index (χ0n) is 10.5. The van der Waals surface area contributed by atoms with Crippen molar-refractivity contribution in [2.45, 2.75) is 11.0 Å². The topological polar surface area (TPSA) is 64.7 Å². The fourth-order valence-corrected chi connectivity index (χ4v) is 2.31. The summed E-state index contributed by atoms with van der Waals surface area (Å²) < 4.78 is 31.7. The molecule has 0 amide bonds. The molecule has 1 aromatic carbocycles. The summed E-state index contributed by atoms with van der Waals surface area (Å²) in [6, 6.07) is 3.43. The Morgan fingerprint density at radius 1 is 1.14 bits per heavy atom. The van der Waals surface area contributed by atoms with Crippen LogP contribution < -0.4 is 0 Å². The average molecular weight is 306 g/mol. The van der Waals surface area contributed by atoms with Crippen LogP contribution in [0.2, 0.25) is 0 Å². The van der Waals surface area contributed by atoms with Crippen molar-refractivity contribution < 1.29 is 13.2 Å². The Morgan fingerprint density at radius 3 is 2.81 bits per heavy atom. The standard InChI is InChI=1S/C13H8F2N4OS/c14-9-2-1-8(10(15)5-9)7-21-13-19-18-12(20-13)11-6-16-3-4-17-11/h1-6H,7H2. The van der Waals surface area contributed by atoms with E-state index in [0.717, 1.165) is 17.8 Å². The first-order valence-corrected chi connectivity index (χ1v) is 6.87. The number of benzene rings is 1. The summed E-state index contributed by atoms with van der Waals surface area (Å²) in [6.45, 7) is 0. The Kier molecular flexibility index (Phi) is 3.87. The summed E-state index contributed by atoms with van der Waals surface area (Å²) in [4.78, 5) is 7.94. The van der Waals surface area contributed by atoms with Gasteiger partial charge in [-0.15, -0.1) is 10.2 Å². The summed E-state index contributed by atoms with van der Waals surface area (Å²) in [6.07, 6.45) is 4.55. The van der Waals surface area contributed by atoms with Gasteiger partial charge in [-0.2, -0.15) is 0 Å². The van der Waals surface area contributed by atoms with Gasteiger partial charge in [0.1, 0.15) is 17.3 Å². The quantitative estimate of drug-likeness (QED) is 0.690. The third-order valence-corrected chi connectivity index (χ3v) is 3.42. The Bertz CT molecular complexity index is 751. The van der Waals surface area contributed by atoms with Crippen LogP contribution in [-0.2, 0) is 5.75 Å². The van der Waals surface area contributed by atoms with E-state index in [1.54, 1.807) is 0 Å².